The largest absolute Gasteiger partial charge is 0.480 e. The van der Waals surface area contributed by atoms with E-state index in [0.29, 0.717) is 18.5 Å². The molecule has 5 nitrogen and oxygen atoms in total. The first kappa shape index (κ1) is 17.2. The second-order valence-corrected chi connectivity index (χ2v) is 6.18. The maximum atomic E-state index is 12.3. The van der Waals surface area contributed by atoms with Gasteiger partial charge in [-0.3, -0.25) is 9.59 Å². The summed E-state index contributed by atoms with van der Waals surface area (Å²) in [5, 5.41) is 9.22. The van der Waals surface area contributed by atoms with E-state index in [2.05, 4.69) is 0 Å². The van der Waals surface area contributed by atoms with Crippen molar-refractivity contribution < 1.29 is 19.5 Å². The average Bonchev–Trinajstić information content (AvgIpc) is 2.54. The lowest BCUT2D eigenvalue weighted by atomic mass is 9.98. The van der Waals surface area contributed by atoms with Crippen molar-refractivity contribution in [2.75, 3.05) is 6.54 Å². The van der Waals surface area contributed by atoms with Gasteiger partial charge in [0.05, 0.1) is 0 Å². The second-order valence-electron chi connectivity index (χ2n) is 6.18. The van der Waals surface area contributed by atoms with Crippen LogP contribution in [-0.2, 0) is 9.59 Å². The van der Waals surface area contributed by atoms with Crippen molar-refractivity contribution in [3.8, 4) is 0 Å². The number of carbonyl (C=O) groups is 3. The minimum absolute atomic E-state index is 0.0655. The Balaban J connectivity index is 1.99. The summed E-state index contributed by atoms with van der Waals surface area (Å²) in [4.78, 5) is 37.3. The van der Waals surface area contributed by atoms with E-state index >= 15 is 0 Å². The number of aliphatic carboxylic acids is 1. The molecule has 0 spiro atoms. The van der Waals surface area contributed by atoms with Crippen molar-refractivity contribution in [1.82, 2.24) is 4.90 Å². The van der Waals surface area contributed by atoms with Crippen LogP contribution in [0.1, 0.15) is 53.6 Å². The molecule has 1 heterocycles. The van der Waals surface area contributed by atoms with E-state index in [0.717, 1.165) is 24.0 Å². The van der Waals surface area contributed by atoms with Crippen molar-refractivity contribution in [2.24, 2.45) is 0 Å². The Morgan fingerprint density at radius 2 is 1.91 bits per heavy atom. The average molecular weight is 317 g/mol. The van der Waals surface area contributed by atoms with Crippen molar-refractivity contribution in [2.45, 2.75) is 52.0 Å². The van der Waals surface area contributed by atoms with Gasteiger partial charge in [0.1, 0.15) is 6.04 Å². The maximum absolute atomic E-state index is 12.3. The molecular formula is C18H23NO4. The van der Waals surface area contributed by atoms with Crippen molar-refractivity contribution in [3.05, 3.63) is 34.9 Å². The summed E-state index contributed by atoms with van der Waals surface area (Å²) in [7, 11) is 0. The number of carboxylic acids is 1. The zero-order valence-electron chi connectivity index (χ0n) is 13.7. The number of benzene rings is 1. The van der Waals surface area contributed by atoms with Crippen LogP contribution >= 0.6 is 0 Å². The number of hydrogen-bond acceptors (Lipinski definition) is 3. The van der Waals surface area contributed by atoms with Gasteiger partial charge in [0.25, 0.3) is 0 Å². The smallest absolute Gasteiger partial charge is 0.326 e. The maximum Gasteiger partial charge on any atom is 0.326 e. The van der Waals surface area contributed by atoms with Gasteiger partial charge < -0.3 is 10.0 Å². The monoisotopic (exact) mass is 317 g/mol. The normalized spacial score (nSPS) is 17.8. The SMILES string of the molecule is Cc1ccc(C)c(C(=O)CCC(=O)N2CCCC[C@@H]2C(=O)O)c1. The first-order valence-electron chi connectivity index (χ1n) is 8.03. The highest BCUT2D eigenvalue weighted by Crippen LogP contribution is 2.20. The van der Waals surface area contributed by atoms with E-state index in [1.165, 1.54) is 4.90 Å². The third-order valence-electron chi connectivity index (χ3n) is 4.37. The van der Waals surface area contributed by atoms with Gasteiger partial charge >= 0.3 is 5.97 Å². The highest BCUT2D eigenvalue weighted by molar-refractivity contribution is 5.99. The standard InChI is InChI=1S/C18H23NO4/c1-12-6-7-13(2)14(11-12)16(20)8-9-17(21)19-10-4-3-5-15(19)18(22)23/h6-7,11,15H,3-5,8-10H2,1-2H3,(H,22,23)/t15-/m1/s1. The number of carboxylic acid groups (broad SMARTS) is 1. The van der Waals surface area contributed by atoms with Gasteiger partial charge in [-0.2, -0.15) is 0 Å². The summed E-state index contributed by atoms with van der Waals surface area (Å²) in [5.74, 6) is -1.27. The molecule has 1 amide bonds. The Morgan fingerprint density at radius 3 is 2.61 bits per heavy atom. The lowest BCUT2D eigenvalue weighted by Gasteiger charge is -2.33. The number of likely N-dealkylation sites (tertiary alicyclic amines) is 1. The van der Waals surface area contributed by atoms with Gasteiger partial charge in [0.15, 0.2) is 5.78 Å². The highest BCUT2D eigenvalue weighted by Gasteiger charge is 2.31. The minimum Gasteiger partial charge on any atom is -0.480 e. The number of carbonyl (C=O) groups excluding carboxylic acids is 2. The van der Waals surface area contributed by atoms with Crippen LogP contribution in [0.3, 0.4) is 0 Å². The molecule has 0 bridgehead atoms. The summed E-state index contributed by atoms with van der Waals surface area (Å²) < 4.78 is 0. The third kappa shape index (κ3) is 4.18. The predicted octanol–water partition coefficient (Wildman–Crippen LogP) is 2.73. The molecule has 0 saturated carbocycles. The van der Waals surface area contributed by atoms with Crippen LogP contribution in [0.5, 0.6) is 0 Å². The number of amides is 1. The Hall–Kier alpha value is -2.17. The molecule has 5 heteroatoms. The molecular weight excluding hydrogens is 294 g/mol. The molecule has 124 valence electrons. The Morgan fingerprint density at radius 1 is 1.17 bits per heavy atom. The first-order valence-corrected chi connectivity index (χ1v) is 8.03. The van der Waals surface area contributed by atoms with E-state index in [4.69, 9.17) is 0 Å². The molecule has 0 aliphatic carbocycles. The zero-order valence-corrected chi connectivity index (χ0v) is 13.7. The fraction of sp³-hybridized carbons (Fsp3) is 0.500. The first-order chi connectivity index (χ1) is 10.9. The molecule has 0 unspecified atom stereocenters. The second kappa shape index (κ2) is 7.40. The molecule has 1 fully saturated rings. The van der Waals surface area contributed by atoms with Gasteiger partial charge in [-0.15, -0.1) is 0 Å². The third-order valence-corrected chi connectivity index (χ3v) is 4.37. The topological polar surface area (TPSA) is 74.7 Å². The molecule has 23 heavy (non-hydrogen) atoms. The Labute approximate surface area is 136 Å². The lowest BCUT2D eigenvalue weighted by molar-refractivity contribution is -0.152. The molecule has 1 aromatic rings. The Kier molecular flexibility index (Phi) is 5.53. The van der Waals surface area contributed by atoms with Crippen LogP contribution in [0, 0.1) is 13.8 Å². The highest BCUT2D eigenvalue weighted by atomic mass is 16.4. The van der Waals surface area contributed by atoms with Gasteiger partial charge in [-0.05, 0) is 44.7 Å². The summed E-state index contributed by atoms with van der Waals surface area (Å²) in [6, 6.07) is 4.94. The molecule has 2 rings (SSSR count). The number of Topliss-reactive ketones (excluding diaryl/α,β-unsaturated/α-hetero) is 1. The fourth-order valence-electron chi connectivity index (χ4n) is 3.02. The van der Waals surface area contributed by atoms with E-state index < -0.39 is 12.0 Å². The molecule has 1 aliphatic rings. The summed E-state index contributed by atoms with van der Waals surface area (Å²) in [5.41, 5.74) is 2.55. The summed E-state index contributed by atoms with van der Waals surface area (Å²) in [6.07, 6.45) is 2.32. The molecule has 1 aromatic carbocycles. The molecule has 1 saturated heterocycles. The number of hydrogen-bond donors (Lipinski definition) is 1. The molecule has 0 radical (unpaired) electrons. The van der Waals surface area contributed by atoms with Crippen LogP contribution in [0.2, 0.25) is 0 Å². The summed E-state index contributed by atoms with van der Waals surface area (Å²) in [6.45, 7) is 4.26. The Bertz CT molecular complexity index is 623. The quantitative estimate of drug-likeness (QED) is 0.847. The van der Waals surface area contributed by atoms with Crippen LogP contribution in [0.4, 0.5) is 0 Å². The lowest BCUT2D eigenvalue weighted by Crippen LogP contribution is -2.48. The van der Waals surface area contributed by atoms with Crippen LogP contribution < -0.4 is 0 Å². The van der Waals surface area contributed by atoms with Crippen LogP contribution in [0.25, 0.3) is 0 Å². The van der Waals surface area contributed by atoms with E-state index in [1.54, 1.807) is 0 Å². The molecule has 1 aliphatic heterocycles. The number of rotatable bonds is 5. The van der Waals surface area contributed by atoms with E-state index in [-0.39, 0.29) is 24.5 Å². The van der Waals surface area contributed by atoms with Gasteiger partial charge in [-0.25, -0.2) is 4.79 Å². The van der Waals surface area contributed by atoms with Crippen molar-refractivity contribution in [3.63, 3.8) is 0 Å². The van der Waals surface area contributed by atoms with Crippen LogP contribution in [0.15, 0.2) is 18.2 Å². The van der Waals surface area contributed by atoms with Gasteiger partial charge in [0.2, 0.25) is 5.91 Å². The predicted molar refractivity (Wildman–Crippen MR) is 86.5 cm³/mol. The van der Waals surface area contributed by atoms with E-state index in [1.807, 2.05) is 32.0 Å². The van der Waals surface area contributed by atoms with Crippen molar-refractivity contribution >= 4 is 17.7 Å². The zero-order chi connectivity index (χ0) is 17.0. The van der Waals surface area contributed by atoms with Gasteiger partial charge in [0, 0.05) is 24.9 Å². The summed E-state index contributed by atoms with van der Waals surface area (Å²) >= 11 is 0. The van der Waals surface area contributed by atoms with Crippen LogP contribution in [-0.4, -0.2) is 40.3 Å². The van der Waals surface area contributed by atoms with E-state index in [9.17, 15) is 19.5 Å². The minimum atomic E-state index is -0.959. The van der Waals surface area contributed by atoms with Gasteiger partial charge in [-0.1, -0.05) is 17.7 Å². The number of piperidine rings is 1. The van der Waals surface area contributed by atoms with Crippen molar-refractivity contribution in [1.29, 1.82) is 0 Å². The molecule has 0 aromatic heterocycles. The molecule has 1 atom stereocenters. The number of ketones is 1. The molecule has 1 N–H and O–H groups in total. The number of aryl methyl sites for hydroxylation is 2. The fourth-order valence-corrected chi connectivity index (χ4v) is 3.02. The number of nitrogens with zero attached hydrogens (tertiary/aromatic N) is 1.